The molecular weight excluding hydrogens is 567 g/mol. The van der Waals surface area contributed by atoms with Crippen LogP contribution in [0.25, 0.3) is 0 Å². The predicted octanol–water partition coefficient (Wildman–Crippen LogP) is 4.72. The molecule has 232 valence electrons. The van der Waals surface area contributed by atoms with E-state index in [4.69, 9.17) is 0 Å². The summed E-state index contributed by atoms with van der Waals surface area (Å²) in [6.45, 7) is 0. The summed E-state index contributed by atoms with van der Waals surface area (Å²) in [6, 6.07) is 3.71. The minimum absolute atomic E-state index is 0. The van der Waals surface area contributed by atoms with Crippen LogP contribution < -0.4 is 4.90 Å². The molecule has 0 saturated heterocycles. The van der Waals surface area contributed by atoms with Gasteiger partial charge in [-0.2, -0.15) is 23.5 Å². The SMILES string of the molecule is C.C.C.C.CN(C)C(=O)CCSCc1ccnc(N(C)C)n1.CN(C)C(=O)CCSCc1ccnc(S(C)=O)n1. The molecule has 1 atom stereocenters. The van der Waals surface area contributed by atoms with Crippen molar-refractivity contribution in [2.45, 2.75) is 59.2 Å². The van der Waals surface area contributed by atoms with E-state index >= 15 is 0 Å². The van der Waals surface area contributed by atoms with Gasteiger partial charge in [0.25, 0.3) is 0 Å². The van der Waals surface area contributed by atoms with Gasteiger partial charge < -0.3 is 14.7 Å². The molecule has 2 aromatic rings. The number of hydrogen-bond donors (Lipinski definition) is 0. The van der Waals surface area contributed by atoms with Crippen molar-refractivity contribution in [1.29, 1.82) is 0 Å². The van der Waals surface area contributed by atoms with Crippen molar-refractivity contribution in [3.05, 3.63) is 35.9 Å². The smallest absolute Gasteiger partial charge is 0.225 e. The summed E-state index contributed by atoms with van der Waals surface area (Å²) in [5.74, 6) is 4.10. The molecule has 2 aromatic heterocycles. The molecule has 0 aliphatic carbocycles. The lowest BCUT2D eigenvalue weighted by Gasteiger charge is -2.11. The zero-order valence-electron chi connectivity index (χ0n) is 22.1. The zero-order valence-corrected chi connectivity index (χ0v) is 24.6. The molecule has 2 rings (SSSR count). The molecule has 0 fully saturated rings. The number of amides is 2. The Morgan fingerprint density at radius 1 is 0.750 bits per heavy atom. The Hall–Kier alpha value is -2.25. The Morgan fingerprint density at radius 2 is 1.18 bits per heavy atom. The zero-order chi connectivity index (χ0) is 27.1. The molecular formula is C27H53N7O3S3. The molecule has 0 aliphatic heterocycles. The number of anilines is 1. The van der Waals surface area contributed by atoms with Gasteiger partial charge in [0.15, 0.2) is 0 Å². The van der Waals surface area contributed by atoms with Crippen molar-refractivity contribution in [2.75, 3.05) is 64.9 Å². The number of aromatic nitrogens is 4. The number of nitrogens with zero attached hydrogens (tertiary/aromatic N) is 7. The monoisotopic (exact) mass is 619 g/mol. The largest absolute Gasteiger partial charge is 0.349 e. The van der Waals surface area contributed by atoms with E-state index < -0.39 is 10.8 Å². The second-order valence-electron chi connectivity index (χ2n) is 8.21. The van der Waals surface area contributed by atoms with Gasteiger partial charge in [0, 0.05) is 96.8 Å². The molecule has 0 bridgehead atoms. The summed E-state index contributed by atoms with van der Waals surface area (Å²) in [6.07, 6.45) is 6.04. The first-order chi connectivity index (χ1) is 17.0. The van der Waals surface area contributed by atoms with E-state index in [9.17, 15) is 13.8 Å². The highest BCUT2D eigenvalue weighted by Crippen LogP contribution is 2.14. The Labute approximate surface area is 255 Å². The second kappa shape index (κ2) is 24.5. The van der Waals surface area contributed by atoms with E-state index in [2.05, 4.69) is 19.9 Å². The minimum atomic E-state index is -1.15. The van der Waals surface area contributed by atoms with Crippen molar-refractivity contribution in [3.63, 3.8) is 0 Å². The van der Waals surface area contributed by atoms with E-state index in [1.54, 1.807) is 86.2 Å². The van der Waals surface area contributed by atoms with Crippen LogP contribution in [0, 0.1) is 0 Å². The van der Waals surface area contributed by atoms with Gasteiger partial charge in [-0.1, -0.05) is 29.7 Å². The van der Waals surface area contributed by atoms with Crippen molar-refractivity contribution in [3.8, 4) is 0 Å². The Bertz CT molecular complexity index is 993. The van der Waals surface area contributed by atoms with E-state index in [-0.39, 0.29) is 41.5 Å². The quantitative estimate of drug-likeness (QED) is 0.244. The second-order valence-corrected chi connectivity index (χ2v) is 11.7. The highest BCUT2D eigenvalue weighted by Gasteiger charge is 2.06. The van der Waals surface area contributed by atoms with Crippen molar-refractivity contribution < 1.29 is 13.8 Å². The number of carbonyl (C=O) groups excluding carboxylic acids is 2. The first-order valence-corrected chi connectivity index (χ1v) is 15.1. The third kappa shape index (κ3) is 18.9. The predicted molar refractivity (Wildman–Crippen MR) is 177 cm³/mol. The van der Waals surface area contributed by atoms with E-state index in [1.165, 1.54) is 0 Å². The fraction of sp³-hybridized carbons (Fsp3) is 0.630. The van der Waals surface area contributed by atoms with Gasteiger partial charge in [0.05, 0.1) is 22.2 Å². The average molecular weight is 620 g/mol. The van der Waals surface area contributed by atoms with Crippen LogP contribution in [0.1, 0.15) is 53.9 Å². The van der Waals surface area contributed by atoms with E-state index in [1.807, 2.05) is 25.1 Å². The van der Waals surface area contributed by atoms with Crippen molar-refractivity contribution >= 4 is 52.1 Å². The molecule has 1 unspecified atom stereocenters. The molecule has 40 heavy (non-hydrogen) atoms. The van der Waals surface area contributed by atoms with Gasteiger partial charge in [0.1, 0.15) is 0 Å². The maximum atomic E-state index is 11.4. The molecule has 0 spiro atoms. The summed E-state index contributed by atoms with van der Waals surface area (Å²) in [4.78, 5) is 44.5. The summed E-state index contributed by atoms with van der Waals surface area (Å²) in [7, 11) is 9.74. The summed E-state index contributed by atoms with van der Waals surface area (Å²) < 4.78 is 11.2. The summed E-state index contributed by atoms with van der Waals surface area (Å²) in [5, 5.41) is 0.359. The number of carbonyl (C=O) groups is 2. The highest BCUT2D eigenvalue weighted by atomic mass is 32.2. The molecule has 0 aliphatic rings. The van der Waals surface area contributed by atoms with Crippen LogP contribution in [0.4, 0.5) is 5.95 Å². The van der Waals surface area contributed by atoms with E-state index in [0.29, 0.717) is 23.8 Å². The summed E-state index contributed by atoms with van der Waals surface area (Å²) >= 11 is 3.35. The van der Waals surface area contributed by atoms with Gasteiger partial charge >= 0.3 is 0 Å². The van der Waals surface area contributed by atoms with Gasteiger partial charge in [-0.05, 0) is 12.1 Å². The lowest BCUT2D eigenvalue weighted by molar-refractivity contribution is -0.128. The molecule has 13 heteroatoms. The minimum Gasteiger partial charge on any atom is -0.349 e. The van der Waals surface area contributed by atoms with Crippen molar-refractivity contribution in [1.82, 2.24) is 29.7 Å². The van der Waals surface area contributed by atoms with Crippen LogP contribution in [0.3, 0.4) is 0 Å². The molecule has 0 aromatic carbocycles. The first kappa shape index (κ1) is 44.8. The van der Waals surface area contributed by atoms with Crippen LogP contribution in [0.2, 0.25) is 0 Å². The molecule has 0 N–H and O–H groups in total. The normalized spacial score (nSPS) is 10.1. The third-order valence-electron chi connectivity index (χ3n) is 4.47. The highest BCUT2D eigenvalue weighted by molar-refractivity contribution is 7.98. The van der Waals surface area contributed by atoms with Gasteiger partial charge in [-0.3, -0.25) is 13.8 Å². The van der Waals surface area contributed by atoms with Crippen LogP contribution in [0.5, 0.6) is 0 Å². The van der Waals surface area contributed by atoms with Gasteiger partial charge in [-0.15, -0.1) is 0 Å². The fourth-order valence-electron chi connectivity index (χ4n) is 2.39. The van der Waals surface area contributed by atoms with Crippen LogP contribution in [0.15, 0.2) is 29.7 Å². The van der Waals surface area contributed by atoms with Crippen LogP contribution in [-0.2, 0) is 31.9 Å². The van der Waals surface area contributed by atoms with Crippen LogP contribution in [-0.4, -0.2) is 106 Å². The standard InChI is InChI=1S/C12H20N4OS.C11H17N3O2S2.4CH4/c1-15(2)11(17)6-8-18-9-10-5-7-13-12(14-10)16(3)4;1-14(2)10(15)5-7-17-8-9-4-6-12-11(13-9)18(3)16;;;;/h5,7H,6,8-9H2,1-4H3;4,6H,5,7-8H2,1-3H3;4*1H4. The molecule has 2 amide bonds. The Kier molecular flexibility index (Phi) is 27.5. The number of hydrogen-bond acceptors (Lipinski definition) is 10. The fourth-order valence-corrected chi connectivity index (χ4v) is 4.52. The molecule has 0 saturated carbocycles. The maximum absolute atomic E-state index is 11.4. The lowest BCUT2D eigenvalue weighted by atomic mass is 10.4. The molecule has 10 nitrogen and oxygen atoms in total. The van der Waals surface area contributed by atoms with Gasteiger partial charge in [0.2, 0.25) is 22.9 Å². The maximum Gasteiger partial charge on any atom is 0.225 e. The Balaban J connectivity index is -0.000000295. The van der Waals surface area contributed by atoms with Crippen LogP contribution >= 0.6 is 23.5 Å². The first-order valence-electron chi connectivity index (χ1n) is 11.2. The van der Waals surface area contributed by atoms with Crippen molar-refractivity contribution in [2.24, 2.45) is 0 Å². The molecule has 0 radical (unpaired) electrons. The average Bonchev–Trinajstić information content (AvgIpc) is 2.84. The molecule has 2 heterocycles. The van der Waals surface area contributed by atoms with E-state index in [0.717, 1.165) is 34.6 Å². The topological polar surface area (TPSA) is 112 Å². The third-order valence-corrected chi connectivity index (χ3v) is 7.16. The van der Waals surface area contributed by atoms with Gasteiger partial charge in [-0.25, -0.2) is 19.9 Å². The number of rotatable bonds is 12. The lowest BCUT2D eigenvalue weighted by Crippen LogP contribution is -2.21. The number of thioether (sulfide) groups is 2. The Morgan fingerprint density at radius 3 is 1.57 bits per heavy atom. The summed E-state index contributed by atoms with van der Waals surface area (Å²) in [5.41, 5.74) is 1.84.